The number of methoxy groups -OCH3 is 2. The van der Waals surface area contributed by atoms with E-state index in [0.29, 0.717) is 29.1 Å². The lowest BCUT2D eigenvalue weighted by Crippen LogP contribution is -2.07. The Kier molecular flexibility index (Phi) is 3.45. The van der Waals surface area contributed by atoms with Gasteiger partial charge in [0.1, 0.15) is 0 Å². The highest BCUT2D eigenvalue weighted by Gasteiger charge is 2.54. The molecule has 1 aromatic rings. The lowest BCUT2D eigenvalue weighted by molar-refractivity contribution is 0.0955. The summed E-state index contributed by atoms with van der Waals surface area (Å²) >= 11 is 0. The van der Waals surface area contributed by atoms with Gasteiger partial charge in [-0.25, -0.2) is 0 Å². The Morgan fingerprint density at radius 1 is 1.05 bits per heavy atom. The average molecular weight is 274 g/mol. The van der Waals surface area contributed by atoms with Crippen molar-refractivity contribution in [1.82, 2.24) is 0 Å². The molecule has 0 aromatic heterocycles. The van der Waals surface area contributed by atoms with Crippen molar-refractivity contribution in [2.75, 3.05) is 14.2 Å². The van der Waals surface area contributed by atoms with Crippen LogP contribution in [0.1, 0.15) is 41.6 Å². The first-order valence-electron chi connectivity index (χ1n) is 7.44. The molecule has 1 aromatic carbocycles. The van der Waals surface area contributed by atoms with Crippen molar-refractivity contribution in [1.29, 1.82) is 0 Å². The zero-order valence-corrected chi connectivity index (χ0v) is 12.4. The molecule has 0 radical (unpaired) electrons. The number of benzene rings is 1. The van der Waals surface area contributed by atoms with Gasteiger partial charge in [-0.3, -0.25) is 4.79 Å². The predicted molar refractivity (Wildman–Crippen MR) is 77.6 cm³/mol. The molecule has 0 N–H and O–H groups in total. The summed E-state index contributed by atoms with van der Waals surface area (Å²) in [4.78, 5) is 12.8. The average Bonchev–Trinajstić information content (AvgIpc) is 3.20. The van der Waals surface area contributed by atoms with E-state index in [0.717, 1.165) is 11.1 Å². The molecule has 2 atom stereocenters. The van der Waals surface area contributed by atoms with E-state index in [1.807, 2.05) is 19.1 Å². The van der Waals surface area contributed by atoms with E-state index in [1.165, 1.54) is 25.7 Å². The van der Waals surface area contributed by atoms with E-state index in [4.69, 9.17) is 9.47 Å². The van der Waals surface area contributed by atoms with E-state index < -0.39 is 0 Å². The maximum absolute atomic E-state index is 12.8. The number of hydrogen-bond acceptors (Lipinski definition) is 3. The van der Waals surface area contributed by atoms with Crippen molar-refractivity contribution in [3.63, 3.8) is 0 Å². The molecular weight excluding hydrogens is 252 g/mol. The zero-order chi connectivity index (χ0) is 14.3. The predicted octanol–water partition coefficient (Wildman–Crippen LogP) is 3.63. The molecule has 0 aliphatic heterocycles. The number of aryl methyl sites for hydroxylation is 1. The monoisotopic (exact) mass is 274 g/mol. The lowest BCUT2D eigenvalue weighted by Gasteiger charge is -2.12. The summed E-state index contributed by atoms with van der Waals surface area (Å²) in [5.41, 5.74) is 1.79. The highest BCUT2D eigenvalue weighted by atomic mass is 16.5. The molecule has 2 unspecified atom stereocenters. The van der Waals surface area contributed by atoms with Crippen LogP contribution >= 0.6 is 0 Å². The Labute approximate surface area is 120 Å². The van der Waals surface area contributed by atoms with Crippen molar-refractivity contribution < 1.29 is 14.3 Å². The molecular formula is C17H22O3. The largest absolute Gasteiger partial charge is 0.493 e. The van der Waals surface area contributed by atoms with Gasteiger partial charge in [-0.15, -0.1) is 0 Å². The fourth-order valence-corrected chi connectivity index (χ4v) is 3.81. The van der Waals surface area contributed by atoms with Crippen LogP contribution in [0.5, 0.6) is 11.5 Å². The molecule has 0 amide bonds. The van der Waals surface area contributed by atoms with Crippen LogP contribution in [0, 0.1) is 24.7 Å². The molecule has 2 fully saturated rings. The van der Waals surface area contributed by atoms with Gasteiger partial charge in [0.25, 0.3) is 0 Å². The second-order valence-electron chi connectivity index (χ2n) is 6.02. The van der Waals surface area contributed by atoms with Gasteiger partial charge < -0.3 is 9.47 Å². The quantitative estimate of drug-likeness (QED) is 0.786. The smallest absolute Gasteiger partial charge is 0.166 e. The van der Waals surface area contributed by atoms with Crippen molar-refractivity contribution in [2.24, 2.45) is 17.8 Å². The minimum atomic E-state index is 0.259. The molecule has 0 bridgehead atoms. The number of ketones is 1. The Bertz CT molecular complexity index is 523. The van der Waals surface area contributed by atoms with Crippen molar-refractivity contribution in [3.8, 4) is 11.5 Å². The van der Waals surface area contributed by atoms with Gasteiger partial charge >= 0.3 is 0 Å². The van der Waals surface area contributed by atoms with Crippen LogP contribution < -0.4 is 9.47 Å². The first-order chi connectivity index (χ1) is 9.67. The topological polar surface area (TPSA) is 35.5 Å². The van der Waals surface area contributed by atoms with E-state index in [1.54, 1.807) is 14.2 Å². The van der Waals surface area contributed by atoms with E-state index in [9.17, 15) is 4.79 Å². The summed E-state index contributed by atoms with van der Waals surface area (Å²) in [6.45, 7) is 1.97. The first-order valence-corrected chi connectivity index (χ1v) is 7.44. The number of hydrogen-bond donors (Lipinski definition) is 0. The first kappa shape index (κ1) is 13.5. The molecule has 2 aliphatic carbocycles. The van der Waals surface area contributed by atoms with Gasteiger partial charge in [-0.1, -0.05) is 12.8 Å². The summed E-state index contributed by atoms with van der Waals surface area (Å²) in [7, 11) is 3.23. The molecule has 2 aliphatic rings. The Balaban J connectivity index is 1.88. The van der Waals surface area contributed by atoms with Gasteiger partial charge in [-0.2, -0.15) is 0 Å². The fourth-order valence-electron chi connectivity index (χ4n) is 3.81. The van der Waals surface area contributed by atoms with Crippen LogP contribution in [0.3, 0.4) is 0 Å². The minimum absolute atomic E-state index is 0.259. The van der Waals surface area contributed by atoms with Crippen molar-refractivity contribution in [2.45, 2.75) is 32.6 Å². The summed E-state index contributed by atoms with van der Waals surface area (Å²) < 4.78 is 10.6. The normalized spacial score (nSPS) is 27.6. The van der Waals surface area contributed by atoms with Crippen molar-refractivity contribution >= 4 is 5.78 Å². The zero-order valence-electron chi connectivity index (χ0n) is 12.4. The number of ether oxygens (including phenoxy) is 2. The lowest BCUT2D eigenvalue weighted by atomic mass is 9.99. The summed E-state index contributed by atoms with van der Waals surface area (Å²) in [5, 5.41) is 0. The molecule has 3 nitrogen and oxygen atoms in total. The number of rotatable bonds is 4. The maximum Gasteiger partial charge on any atom is 0.166 e. The minimum Gasteiger partial charge on any atom is -0.493 e. The summed E-state index contributed by atoms with van der Waals surface area (Å²) in [5.74, 6) is 3.18. The number of carbonyl (C=O) groups is 1. The van der Waals surface area contributed by atoms with E-state index in [2.05, 4.69) is 0 Å². The molecule has 0 saturated heterocycles. The summed E-state index contributed by atoms with van der Waals surface area (Å²) in [6, 6.07) is 3.75. The third-order valence-electron chi connectivity index (χ3n) is 4.96. The molecule has 20 heavy (non-hydrogen) atoms. The number of Topliss-reactive ketones (excluding diaryl/α,β-unsaturated/α-hetero) is 1. The standard InChI is InChI=1S/C17H22O3/c1-10-8-14(19-2)15(20-3)9-13(10)17(18)16-11-6-4-5-7-12(11)16/h8-9,11-12,16H,4-7H2,1-3H3. The van der Waals surface area contributed by atoms with Crippen LogP contribution in [0.4, 0.5) is 0 Å². The van der Waals surface area contributed by atoms with Gasteiger partial charge in [0, 0.05) is 11.5 Å². The van der Waals surface area contributed by atoms with Crippen LogP contribution in [-0.2, 0) is 0 Å². The summed E-state index contributed by atoms with van der Waals surface area (Å²) in [6.07, 6.45) is 5.03. The van der Waals surface area contributed by atoms with Gasteiger partial charge in [0.2, 0.25) is 0 Å². The Morgan fingerprint density at radius 2 is 1.60 bits per heavy atom. The second-order valence-corrected chi connectivity index (χ2v) is 6.02. The Morgan fingerprint density at radius 3 is 2.15 bits per heavy atom. The molecule has 3 rings (SSSR count). The SMILES string of the molecule is COc1cc(C)c(C(=O)C2C3CCCCC32)cc1OC. The number of fused-ring (bicyclic) bond motifs is 1. The third-order valence-corrected chi connectivity index (χ3v) is 4.96. The van der Waals surface area contributed by atoms with Crippen LogP contribution in [0.15, 0.2) is 12.1 Å². The third kappa shape index (κ3) is 2.09. The molecule has 0 spiro atoms. The highest BCUT2D eigenvalue weighted by Crippen LogP contribution is 2.56. The van der Waals surface area contributed by atoms with E-state index >= 15 is 0 Å². The van der Waals surface area contributed by atoms with Crippen LogP contribution in [-0.4, -0.2) is 20.0 Å². The van der Waals surface area contributed by atoms with Gasteiger partial charge in [0.05, 0.1) is 14.2 Å². The van der Waals surface area contributed by atoms with E-state index in [-0.39, 0.29) is 5.92 Å². The fraction of sp³-hybridized carbons (Fsp3) is 0.588. The molecule has 3 heteroatoms. The maximum atomic E-state index is 12.8. The number of carbonyl (C=O) groups excluding carboxylic acids is 1. The molecule has 2 saturated carbocycles. The van der Waals surface area contributed by atoms with Crippen LogP contribution in [0.25, 0.3) is 0 Å². The highest BCUT2D eigenvalue weighted by molar-refractivity contribution is 6.01. The molecule has 108 valence electrons. The van der Waals surface area contributed by atoms with Gasteiger partial charge in [0.15, 0.2) is 17.3 Å². The molecule has 0 heterocycles. The Hall–Kier alpha value is -1.51. The second kappa shape index (κ2) is 5.12. The van der Waals surface area contributed by atoms with Gasteiger partial charge in [-0.05, 0) is 49.3 Å². The van der Waals surface area contributed by atoms with Crippen molar-refractivity contribution in [3.05, 3.63) is 23.3 Å². The van der Waals surface area contributed by atoms with Crippen LogP contribution in [0.2, 0.25) is 0 Å².